The van der Waals surface area contributed by atoms with Crippen LogP contribution in [-0.4, -0.2) is 39.5 Å². The van der Waals surface area contributed by atoms with Gasteiger partial charge in [-0.3, -0.25) is 9.19 Å². The van der Waals surface area contributed by atoms with Crippen LogP contribution < -0.4 is 4.74 Å². The van der Waals surface area contributed by atoms with Gasteiger partial charge in [0.15, 0.2) is 5.16 Å². The van der Waals surface area contributed by atoms with Crippen LogP contribution in [0.4, 0.5) is 0 Å². The Kier molecular flexibility index (Phi) is 5.22. The number of nitrogens with zero attached hydrogens (tertiary/aromatic N) is 2. The first kappa shape index (κ1) is 16.6. The van der Waals surface area contributed by atoms with Crippen LogP contribution in [0.5, 0.6) is 5.75 Å². The molecule has 0 fully saturated rings. The highest BCUT2D eigenvalue weighted by molar-refractivity contribution is 7.84. The van der Waals surface area contributed by atoms with Crippen LogP contribution in [-0.2, 0) is 21.3 Å². The molecule has 126 valence electrons. The Balaban J connectivity index is 1.72. The third kappa shape index (κ3) is 3.98. The average molecular weight is 345 g/mol. The largest absolute Gasteiger partial charge is 0.491 e. The standard InChI is InChI=1S/C17H19N3O3S/c1-12-3-4-15-16(9-12)20-17(19-15)24(21)11-13-10-14(5-6-18-13)23-8-7-22-2/h3-6,9-10H,7-8,11H2,1-2H3,(H,19,20)/t24-/m1/s1. The molecule has 0 radical (unpaired) electrons. The van der Waals surface area contributed by atoms with Crippen molar-refractivity contribution in [1.82, 2.24) is 15.0 Å². The van der Waals surface area contributed by atoms with Crippen molar-refractivity contribution in [2.45, 2.75) is 17.8 Å². The number of hydrogen-bond donors (Lipinski definition) is 1. The van der Waals surface area contributed by atoms with E-state index in [0.717, 1.165) is 16.6 Å². The number of H-pyrrole nitrogens is 1. The van der Waals surface area contributed by atoms with Crippen molar-refractivity contribution in [3.05, 3.63) is 47.8 Å². The molecular formula is C17H19N3O3S. The Hall–Kier alpha value is -2.25. The van der Waals surface area contributed by atoms with E-state index in [1.807, 2.05) is 25.1 Å². The summed E-state index contributed by atoms with van der Waals surface area (Å²) < 4.78 is 23.1. The molecular weight excluding hydrogens is 326 g/mol. The summed E-state index contributed by atoms with van der Waals surface area (Å²) in [6.45, 7) is 2.99. The second-order valence-electron chi connectivity index (χ2n) is 5.38. The van der Waals surface area contributed by atoms with Gasteiger partial charge >= 0.3 is 0 Å². The molecule has 0 aliphatic rings. The Morgan fingerprint density at radius 3 is 2.92 bits per heavy atom. The van der Waals surface area contributed by atoms with E-state index in [-0.39, 0.29) is 5.75 Å². The third-order valence-corrected chi connectivity index (χ3v) is 4.64. The number of aromatic amines is 1. The molecule has 2 aromatic heterocycles. The number of aryl methyl sites for hydroxylation is 1. The monoisotopic (exact) mass is 345 g/mol. The SMILES string of the molecule is COCCOc1ccnc(C[S@@](=O)c2nc3ccc(C)cc3[nH]2)c1. The topological polar surface area (TPSA) is 77.1 Å². The number of benzene rings is 1. The van der Waals surface area contributed by atoms with Crippen molar-refractivity contribution in [2.24, 2.45) is 0 Å². The van der Waals surface area contributed by atoms with Crippen molar-refractivity contribution in [1.29, 1.82) is 0 Å². The van der Waals surface area contributed by atoms with Crippen molar-refractivity contribution in [3.8, 4) is 5.75 Å². The minimum Gasteiger partial charge on any atom is -0.491 e. The first-order chi connectivity index (χ1) is 11.7. The number of pyridine rings is 1. The Bertz CT molecular complexity index is 863. The zero-order chi connectivity index (χ0) is 16.9. The molecule has 0 spiro atoms. The van der Waals surface area contributed by atoms with E-state index in [1.165, 1.54) is 0 Å². The number of fused-ring (bicyclic) bond motifs is 1. The van der Waals surface area contributed by atoms with Gasteiger partial charge in [-0.15, -0.1) is 0 Å². The maximum Gasteiger partial charge on any atom is 0.197 e. The van der Waals surface area contributed by atoms with Crippen molar-refractivity contribution >= 4 is 21.8 Å². The van der Waals surface area contributed by atoms with E-state index in [2.05, 4.69) is 15.0 Å². The molecule has 7 heteroatoms. The summed E-state index contributed by atoms with van der Waals surface area (Å²) >= 11 is 0. The van der Waals surface area contributed by atoms with Gasteiger partial charge in [-0.2, -0.15) is 0 Å². The summed E-state index contributed by atoms with van der Waals surface area (Å²) in [6.07, 6.45) is 1.65. The number of imidazole rings is 1. The smallest absolute Gasteiger partial charge is 0.197 e. The second-order valence-corrected chi connectivity index (χ2v) is 6.74. The molecule has 0 saturated carbocycles. The number of nitrogens with one attached hydrogen (secondary N) is 1. The van der Waals surface area contributed by atoms with Gasteiger partial charge in [0.25, 0.3) is 0 Å². The summed E-state index contributed by atoms with van der Waals surface area (Å²) in [5, 5.41) is 0.461. The quantitative estimate of drug-likeness (QED) is 0.666. The maximum absolute atomic E-state index is 12.6. The zero-order valence-electron chi connectivity index (χ0n) is 13.6. The lowest BCUT2D eigenvalue weighted by atomic mass is 10.2. The number of ether oxygens (including phenoxy) is 2. The molecule has 0 amide bonds. The summed E-state index contributed by atoms with van der Waals surface area (Å²) in [5.74, 6) is 0.967. The van der Waals surface area contributed by atoms with Crippen molar-refractivity contribution in [3.63, 3.8) is 0 Å². The number of methoxy groups -OCH3 is 1. The zero-order valence-corrected chi connectivity index (χ0v) is 14.4. The molecule has 0 aliphatic heterocycles. The predicted octanol–water partition coefficient (Wildman–Crippen LogP) is 2.60. The lowest BCUT2D eigenvalue weighted by molar-refractivity contribution is 0.146. The van der Waals surface area contributed by atoms with E-state index in [0.29, 0.717) is 29.8 Å². The van der Waals surface area contributed by atoms with E-state index in [1.54, 1.807) is 25.4 Å². The van der Waals surface area contributed by atoms with Gasteiger partial charge < -0.3 is 14.5 Å². The van der Waals surface area contributed by atoms with E-state index in [4.69, 9.17) is 9.47 Å². The van der Waals surface area contributed by atoms with Crippen LogP contribution in [0.1, 0.15) is 11.3 Å². The molecule has 1 N–H and O–H groups in total. The van der Waals surface area contributed by atoms with Gasteiger partial charge in [0.1, 0.15) is 12.4 Å². The van der Waals surface area contributed by atoms with Crippen LogP contribution in [0.2, 0.25) is 0 Å². The third-order valence-electron chi connectivity index (χ3n) is 3.45. The molecule has 0 aliphatic carbocycles. The number of hydrogen-bond acceptors (Lipinski definition) is 5. The molecule has 0 bridgehead atoms. The molecule has 3 rings (SSSR count). The van der Waals surface area contributed by atoms with Gasteiger partial charge in [0.2, 0.25) is 0 Å². The van der Waals surface area contributed by atoms with Crippen molar-refractivity contribution < 1.29 is 13.7 Å². The molecule has 6 nitrogen and oxygen atoms in total. The summed E-state index contributed by atoms with van der Waals surface area (Å²) in [4.78, 5) is 11.8. The first-order valence-electron chi connectivity index (χ1n) is 7.57. The van der Waals surface area contributed by atoms with Crippen LogP contribution in [0.3, 0.4) is 0 Å². The highest BCUT2D eigenvalue weighted by atomic mass is 32.2. The summed E-state index contributed by atoms with van der Waals surface area (Å²) in [7, 11) is 0.326. The minimum absolute atomic E-state index is 0.278. The minimum atomic E-state index is -1.30. The fourth-order valence-electron chi connectivity index (χ4n) is 2.28. The first-order valence-corrected chi connectivity index (χ1v) is 8.89. The molecule has 0 unspecified atom stereocenters. The Morgan fingerprint density at radius 2 is 2.08 bits per heavy atom. The normalized spacial score (nSPS) is 12.4. The number of rotatable bonds is 7. The van der Waals surface area contributed by atoms with Crippen LogP contribution in [0, 0.1) is 6.92 Å². The fourth-order valence-corrected chi connectivity index (χ4v) is 3.27. The summed E-state index contributed by atoms with van der Waals surface area (Å²) in [5.41, 5.74) is 3.53. The van der Waals surface area contributed by atoms with Gasteiger partial charge in [-0.05, 0) is 30.7 Å². The molecule has 1 aromatic carbocycles. The molecule has 1 atom stereocenters. The van der Waals surface area contributed by atoms with Crippen LogP contribution in [0.25, 0.3) is 11.0 Å². The predicted molar refractivity (Wildman–Crippen MR) is 92.6 cm³/mol. The second kappa shape index (κ2) is 7.55. The fraction of sp³-hybridized carbons (Fsp3) is 0.294. The summed E-state index contributed by atoms with van der Waals surface area (Å²) in [6, 6.07) is 9.46. The number of aromatic nitrogens is 3. The van der Waals surface area contributed by atoms with Gasteiger partial charge in [-0.25, -0.2) is 4.98 Å². The van der Waals surface area contributed by atoms with Crippen molar-refractivity contribution in [2.75, 3.05) is 20.3 Å². The van der Waals surface area contributed by atoms with E-state index >= 15 is 0 Å². The van der Waals surface area contributed by atoms with Gasteiger partial charge in [0, 0.05) is 19.4 Å². The van der Waals surface area contributed by atoms with Gasteiger partial charge in [0.05, 0.1) is 39.9 Å². The van der Waals surface area contributed by atoms with E-state index in [9.17, 15) is 4.21 Å². The average Bonchev–Trinajstić information content (AvgIpc) is 2.99. The van der Waals surface area contributed by atoms with E-state index < -0.39 is 10.8 Å². The molecule has 0 saturated heterocycles. The molecule has 2 heterocycles. The van der Waals surface area contributed by atoms with Gasteiger partial charge in [-0.1, -0.05) is 6.07 Å². The maximum atomic E-state index is 12.6. The lowest BCUT2D eigenvalue weighted by Gasteiger charge is -2.06. The Morgan fingerprint density at radius 1 is 1.21 bits per heavy atom. The van der Waals surface area contributed by atoms with Crippen LogP contribution in [0.15, 0.2) is 41.7 Å². The highest BCUT2D eigenvalue weighted by Crippen LogP contribution is 2.18. The molecule has 24 heavy (non-hydrogen) atoms. The molecule has 3 aromatic rings. The Labute approximate surface area is 142 Å². The highest BCUT2D eigenvalue weighted by Gasteiger charge is 2.12. The van der Waals surface area contributed by atoms with Crippen LogP contribution >= 0.6 is 0 Å². The lowest BCUT2D eigenvalue weighted by Crippen LogP contribution is -2.05.